The maximum atomic E-state index is 13.0. The quantitative estimate of drug-likeness (QED) is 0.854. The molecule has 2 heterocycles. The monoisotopic (exact) mass is 258 g/mol. The lowest BCUT2D eigenvalue weighted by Crippen LogP contribution is -2.71. The third-order valence-corrected chi connectivity index (χ3v) is 4.74. The maximum absolute atomic E-state index is 13.0. The molecule has 0 amide bonds. The minimum Gasteiger partial charge on any atom is -0.315 e. The molecule has 2 fully saturated rings. The lowest BCUT2D eigenvalue weighted by Gasteiger charge is -2.55. The van der Waals surface area contributed by atoms with Crippen LogP contribution in [-0.4, -0.2) is 34.7 Å². The molecule has 2 saturated heterocycles. The smallest absolute Gasteiger partial charge is 0.160 e. The molecule has 1 unspecified atom stereocenters. The summed E-state index contributed by atoms with van der Waals surface area (Å²) in [4.78, 5) is 0.325. The molecule has 6 heteroatoms. The van der Waals surface area contributed by atoms with Crippen molar-refractivity contribution in [2.24, 2.45) is 5.41 Å². The summed E-state index contributed by atoms with van der Waals surface area (Å²) in [6.07, 6.45) is 0. The molecule has 92 valence electrons. The molecule has 1 aromatic carbocycles. The number of benzene rings is 1. The lowest BCUT2D eigenvalue weighted by molar-refractivity contribution is 0.0199. The average Bonchev–Trinajstić information content (AvgIpc) is 2.17. The van der Waals surface area contributed by atoms with Crippen molar-refractivity contribution < 1.29 is 13.0 Å². The first-order chi connectivity index (χ1) is 8.10. The number of hydrogen-bond donors (Lipinski definition) is 1. The highest BCUT2D eigenvalue weighted by atomic mass is 32.2. The predicted octanol–water partition coefficient (Wildman–Crippen LogP) is 0.893. The van der Waals surface area contributed by atoms with Crippen molar-refractivity contribution in [2.45, 2.75) is 4.90 Å². The molecule has 0 aliphatic carbocycles. The Balaban J connectivity index is 1.72. The summed E-state index contributed by atoms with van der Waals surface area (Å²) >= 11 is 0. The van der Waals surface area contributed by atoms with Crippen molar-refractivity contribution in [3.05, 3.63) is 29.8 Å². The molecule has 17 heavy (non-hydrogen) atoms. The molecular formula is C11H12F2N2OS. The van der Waals surface area contributed by atoms with Gasteiger partial charge in [-0.15, -0.1) is 0 Å². The van der Waals surface area contributed by atoms with Crippen LogP contribution in [0.5, 0.6) is 0 Å². The summed E-state index contributed by atoms with van der Waals surface area (Å²) in [6.45, 7) is 3.42. The first-order valence-corrected chi connectivity index (χ1v) is 6.53. The number of nitrogens with zero attached hydrogens (tertiary/aromatic N) is 1. The van der Waals surface area contributed by atoms with E-state index in [0.29, 0.717) is 4.90 Å². The standard InChI is InChI=1S/C11H12F2N2OS/c12-9-2-1-8(3-10(9)13)17(16)15-6-11(7-15)4-14-5-11/h1-3,14H,4-7H2. The Kier molecular flexibility index (Phi) is 2.53. The topological polar surface area (TPSA) is 32.3 Å². The van der Waals surface area contributed by atoms with E-state index < -0.39 is 22.6 Å². The fourth-order valence-electron chi connectivity index (χ4n) is 2.26. The van der Waals surface area contributed by atoms with Crippen molar-refractivity contribution in [3.8, 4) is 0 Å². The van der Waals surface area contributed by atoms with Crippen molar-refractivity contribution in [2.75, 3.05) is 26.2 Å². The fraction of sp³-hybridized carbons (Fsp3) is 0.455. The Morgan fingerprint density at radius 1 is 1.24 bits per heavy atom. The third kappa shape index (κ3) is 1.80. The van der Waals surface area contributed by atoms with Crippen LogP contribution in [0.4, 0.5) is 8.78 Å². The van der Waals surface area contributed by atoms with Gasteiger partial charge in [-0.1, -0.05) is 0 Å². The van der Waals surface area contributed by atoms with Crippen LogP contribution in [0.2, 0.25) is 0 Å². The van der Waals surface area contributed by atoms with Crippen LogP contribution >= 0.6 is 0 Å². The van der Waals surface area contributed by atoms with Gasteiger partial charge in [0.25, 0.3) is 0 Å². The first kappa shape index (κ1) is 11.3. The Morgan fingerprint density at radius 3 is 2.47 bits per heavy atom. The Bertz CT molecular complexity index is 482. The number of hydrogen-bond acceptors (Lipinski definition) is 2. The van der Waals surface area contributed by atoms with Gasteiger partial charge in [0, 0.05) is 31.6 Å². The molecule has 1 aromatic rings. The van der Waals surface area contributed by atoms with Gasteiger partial charge in [0.15, 0.2) is 11.6 Å². The van der Waals surface area contributed by atoms with Gasteiger partial charge in [-0.05, 0) is 18.2 Å². The average molecular weight is 258 g/mol. The van der Waals surface area contributed by atoms with E-state index in [1.54, 1.807) is 4.31 Å². The van der Waals surface area contributed by atoms with Crippen LogP contribution in [0.1, 0.15) is 0 Å². The van der Waals surface area contributed by atoms with Crippen molar-refractivity contribution in [3.63, 3.8) is 0 Å². The van der Waals surface area contributed by atoms with E-state index in [2.05, 4.69) is 5.32 Å². The van der Waals surface area contributed by atoms with E-state index in [1.165, 1.54) is 6.07 Å². The van der Waals surface area contributed by atoms with Crippen LogP contribution in [0.15, 0.2) is 23.1 Å². The molecule has 2 aliphatic heterocycles. The van der Waals surface area contributed by atoms with Gasteiger partial charge < -0.3 is 5.32 Å². The number of rotatable bonds is 2. The molecule has 0 radical (unpaired) electrons. The number of nitrogens with one attached hydrogen (secondary N) is 1. The molecule has 1 atom stereocenters. The fourth-order valence-corrected chi connectivity index (χ4v) is 3.72. The minimum atomic E-state index is -1.38. The summed E-state index contributed by atoms with van der Waals surface area (Å²) in [5, 5.41) is 3.18. The third-order valence-electron chi connectivity index (χ3n) is 3.35. The summed E-state index contributed by atoms with van der Waals surface area (Å²) in [5.74, 6) is -1.86. The zero-order valence-corrected chi connectivity index (χ0v) is 9.90. The van der Waals surface area contributed by atoms with Crippen molar-refractivity contribution in [1.29, 1.82) is 0 Å². The molecule has 0 aromatic heterocycles. The van der Waals surface area contributed by atoms with Gasteiger partial charge >= 0.3 is 0 Å². The molecule has 2 aliphatic rings. The number of halogens is 2. The zero-order chi connectivity index (χ0) is 12.0. The summed E-state index contributed by atoms with van der Waals surface area (Å²) < 4.78 is 39.6. The van der Waals surface area contributed by atoms with Gasteiger partial charge in [0.05, 0.1) is 4.90 Å². The van der Waals surface area contributed by atoms with Crippen LogP contribution in [0, 0.1) is 17.0 Å². The molecule has 0 bridgehead atoms. The minimum absolute atomic E-state index is 0.272. The van der Waals surface area contributed by atoms with Crippen LogP contribution in [0.3, 0.4) is 0 Å². The van der Waals surface area contributed by atoms with Gasteiger partial charge in [0.1, 0.15) is 11.0 Å². The maximum Gasteiger partial charge on any atom is 0.160 e. The summed E-state index contributed by atoms with van der Waals surface area (Å²) in [6, 6.07) is 3.40. The normalized spacial score (nSPS) is 24.1. The second-order valence-electron chi connectivity index (χ2n) is 4.73. The molecule has 1 N–H and O–H groups in total. The predicted molar refractivity (Wildman–Crippen MR) is 59.6 cm³/mol. The Labute approximate surface area is 100 Å². The molecule has 0 saturated carbocycles. The highest BCUT2D eigenvalue weighted by Crippen LogP contribution is 2.36. The highest BCUT2D eigenvalue weighted by molar-refractivity contribution is 7.82. The Morgan fingerprint density at radius 2 is 1.94 bits per heavy atom. The van der Waals surface area contributed by atoms with Gasteiger partial charge in [-0.25, -0.2) is 17.3 Å². The largest absolute Gasteiger partial charge is 0.315 e. The molecule has 3 rings (SSSR count). The van der Waals surface area contributed by atoms with E-state index in [0.717, 1.165) is 38.3 Å². The van der Waals surface area contributed by atoms with E-state index in [4.69, 9.17) is 0 Å². The molecule has 3 nitrogen and oxygen atoms in total. The second-order valence-corrected chi connectivity index (χ2v) is 6.21. The lowest BCUT2D eigenvalue weighted by atomic mass is 9.76. The van der Waals surface area contributed by atoms with Crippen molar-refractivity contribution >= 4 is 11.0 Å². The van der Waals surface area contributed by atoms with E-state index >= 15 is 0 Å². The highest BCUT2D eigenvalue weighted by Gasteiger charge is 2.49. The molecule has 1 spiro atoms. The molecular weight excluding hydrogens is 246 g/mol. The summed E-state index contributed by atoms with van der Waals surface area (Å²) in [5.41, 5.74) is 0.272. The van der Waals surface area contributed by atoms with Crippen molar-refractivity contribution in [1.82, 2.24) is 9.62 Å². The van der Waals surface area contributed by atoms with Gasteiger partial charge in [-0.2, -0.15) is 0 Å². The first-order valence-electron chi connectivity index (χ1n) is 5.42. The van der Waals surface area contributed by atoms with Gasteiger partial charge in [-0.3, -0.25) is 0 Å². The van der Waals surface area contributed by atoms with E-state index in [-0.39, 0.29) is 5.41 Å². The second kappa shape index (κ2) is 3.83. The van der Waals surface area contributed by atoms with Gasteiger partial charge in [0.2, 0.25) is 0 Å². The Hall–Kier alpha value is -0.850. The van der Waals surface area contributed by atoms with Crippen LogP contribution in [-0.2, 0) is 11.0 Å². The van der Waals surface area contributed by atoms with E-state index in [1.807, 2.05) is 0 Å². The van der Waals surface area contributed by atoms with Crippen LogP contribution in [0.25, 0.3) is 0 Å². The van der Waals surface area contributed by atoms with Crippen LogP contribution < -0.4 is 5.32 Å². The summed E-state index contributed by atoms with van der Waals surface area (Å²) in [7, 11) is -1.38. The van der Waals surface area contributed by atoms with E-state index in [9.17, 15) is 13.0 Å². The zero-order valence-electron chi connectivity index (χ0n) is 9.08. The SMILES string of the molecule is O=S(c1ccc(F)c(F)c1)N1CC2(CNC2)C1.